The van der Waals surface area contributed by atoms with E-state index in [2.05, 4.69) is 10.6 Å². The first-order chi connectivity index (χ1) is 8.85. The Labute approximate surface area is 111 Å². The van der Waals surface area contributed by atoms with E-state index in [0.717, 1.165) is 5.56 Å². The minimum atomic E-state index is -1.32. The molecule has 0 aliphatic rings. The van der Waals surface area contributed by atoms with E-state index in [1.165, 1.54) is 13.8 Å². The highest BCUT2D eigenvalue weighted by Crippen LogP contribution is 2.11. The zero-order chi connectivity index (χ0) is 14.5. The van der Waals surface area contributed by atoms with Gasteiger partial charge in [0, 0.05) is 12.8 Å². The van der Waals surface area contributed by atoms with Crippen molar-refractivity contribution in [3.05, 3.63) is 29.8 Å². The lowest BCUT2D eigenvalue weighted by Gasteiger charge is -2.21. The maximum atomic E-state index is 11.6. The highest BCUT2D eigenvalue weighted by Gasteiger charge is 2.28. The van der Waals surface area contributed by atoms with Gasteiger partial charge in [-0.1, -0.05) is 12.1 Å². The predicted molar refractivity (Wildman–Crippen MR) is 71.0 cm³/mol. The Morgan fingerprint density at radius 1 is 1.26 bits per heavy atom. The van der Waals surface area contributed by atoms with Gasteiger partial charge >= 0.3 is 12.0 Å². The lowest BCUT2D eigenvalue weighted by Crippen LogP contribution is -2.51. The van der Waals surface area contributed by atoms with Crippen LogP contribution in [-0.2, 0) is 16.1 Å². The van der Waals surface area contributed by atoms with E-state index in [4.69, 9.17) is 9.84 Å². The largest absolute Gasteiger partial charge is 0.480 e. The first-order valence-corrected chi connectivity index (χ1v) is 5.75. The molecule has 0 saturated heterocycles. The Bertz CT molecular complexity index is 454. The molecule has 104 valence electrons. The van der Waals surface area contributed by atoms with Crippen molar-refractivity contribution in [3.8, 4) is 0 Å². The van der Waals surface area contributed by atoms with E-state index in [-0.39, 0.29) is 0 Å². The molecule has 0 aliphatic heterocycles. The van der Waals surface area contributed by atoms with Gasteiger partial charge in [-0.3, -0.25) is 0 Å². The molecule has 0 saturated carbocycles. The fourth-order valence-electron chi connectivity index (χ4n) is 1.35. The molecule has 0 aliphatic carbocycles. The van der Waals surface area contributed by atoms with Gasteiger partial charge in [0.1, 0.15) is 5.54 Å². The minimum Gasteiger partial charge on any atom is -0.480 e. The summed E-state index contributed by atoms with van der Waals surface area (Å²) in [5, 5.41) is 13.8. The van der Waals surface area contributed by atoms with Gasteiger partial charge in [0.2, 0.25) is 0 Å². The molecular formula is C13H18N2O4. The third-order valence-electron chi connectivity index (χ3n) is 2.48. The van der Waals surface area contributed by atoms with Crippen LogP contribution >= 0.6 is 0 Å². The molecule has 0 fully saturated rings. The normalized spacial score (nSPS) is 10.9. The molecule has 6 heteroatoms. The van der Waals surface area contributed by atoms with Crippen molar-refractivity contribution in [2.24, 2.45) is 0 Å². The van der Waals surface area contributed by atoms with Crippen molar-refractivity contribution in [2.75, 3.05) is 12.4 Å². The number of benzene rings is 1. The van der Waals surface area contributed by atoms with Crippen molar-refractivity contribution in [1.29, 1.82) is 0 Å². The van der Waals surface area contributed by atoms with Crippen LogP contribution in [0.1, 0.15) is 19.4 Å². The maximum absolute atomic E-state index is 11.6. The minimum absolute atomic E-state index is 0.499. The fourth-order valence-corrected chi connectivity index (χ4v) is 1.35. The summed E-state index contributed by atoms with van der Waals surface area (Å²) in [7, 11) is 1.60. The maximum Gasteiger partial charge on any atom is 0.328 e. The SMILES string of the molecule is COCc1ccc(NC(=O)NC(C)(C)C(=O)O)cc1. The second-order valence-electron chi connectivity index (χ2n) is 4.64. The van der Waals surface area contributed by atoms with Gasteiger partial charge in [0.15, 0.2) is 0 Å². The number of hydrogen-bond acceptors (Lipinski definition) is 3. The molecule has 6 nitrogen and oxygen atoms in total. The number of anilines is 1. The van der Waals surface area contributed by atoms with Crippen molar-refractivity contribution in [3.63, 3.8) is 0 Å². The lowest BCUT2D eigenvalue weighted by molar-refractivity contribution is -0.142. The summed E-state index contributed by atoms with van der Waals surface area (Å²) in [6, 6.07) is 6.53. The third kappa shape index (κ3) is 4.59. The van der Waals surface area contributed by atoms with Crippen molar-refractivity contribution in [1.82, 2.24) is 5.32 Å². The molecule has 0 aromatic heterocycles. The highest BCUT2D eigenvalue weighted by atomic mass is 16.5. The molecule has 3 N–H and O–H groups in total. The smallest absolute Gasteiger partial charge is 0.328 e. The zero-order valence-corrected chi connectivity index (χ0v) is 11.2. The number of carbonyl (C=O) groups is 2. The Morgan fingerprint density at radius 2 is 1.84 bits per heavy atom. The molecule has 2 amide bonds. The fraction of sp³-hybridized carbons (Fsp3) is 0.385. The van der Waals surface area contributed by atoms with Crippen LogP contribution in [0.25, 0.3) is 0 Å². The molecule has 0 radical (unpaired) electrons. The van der Waals surface area contributed by atoms with E-state index < -0.39 is 17.5 Å². The third-order valence-corrected chi connectivity index (χ3v) is 2.48. The average Bonchev–Trinajstić information content (AvgIpc) is 2.31. The standard InChI is InChI=1S/C13H18N2O4/c1-13(2,11(16)17)15-12(18)14-10-6-4-9(5-7-10)8-19-3/h4-7H,8H2,1-3H3,(H,16,17)(H2,14,15,18). The summed E-state index contributed by atoms with van der Waals surface area (Å²) < 4.78 is 4.98. The van der Waals surface area contributed by atoms with Crippen molar-refractivity contribution < 1.29 is 19.4 Å². The number of rotatable bonds is 5. The number of carboxylic acid groups (broad SMARTS) is 1. The summed E-state index contributed by atoms with van der Waals surface area (Å²) in [5.74, 6) is -1.10. The summed E-state index contributed by atoms with van der Waals surface area (Å²) in [6.07, 6.45) is 0. The summed E-state index contributed by atoms with van der Waals surface area (Å²) >= 11 is 0. The van der Waals surface area contributed by atoms with E-state index in [9.17, 15) is 9.59 Å². The Kier molecular flexibility index (Phi) is 4.88. The molecule has 1 aromatic rings. The Morgan fingerprint density at radius 3 is 2.32 bits per heavy atom. The highest BCUT2D eigenvalue weighted by molar-refractivity contribution is 5.93. The topological polar surface area (TPSA) is 87.7 Å². The molecule has 1 aromatic carbocycles. The predicted octanol–water partition coefficient (Wildman–Crippen LogP) is 1.82. The van der Waals surface area contributed by atoms with Gasteiger partial charge in [-0.25, -0.2) is 9.59 Å². The van der Waals surface area contributed by atoms with Gasteiger partial charge in [-0.2, -0.15) is 0 Å². The first kappa shape index (κ1) is 15.0. The second kappa shape index (κ2) is 6.19. The van der Waals surface area contributed by atoms with E-state index in [0.29, 0.717) is 12.3 Å². The number of carbonyl (C=O) groups excluding carboxylic acids is 1. The van der Waals surface area contributed by atoms with Gasteiger partial charge in [-0.05, 0) is 31.5 Å². The molecule has 0 spiro atoms. The molecule has 0 bridgehead atoms. The van der Waals surface area contributed by atoms with Crippen LogP contribution in [0, 0.1) is 0 Å². The summed E-state index contributed by atoms with van der Waals surface area (Å²) in [4.78, 5) is 22.5. The van der Waals surface area contributed by atoms with Gasteiger partial charge in [-0.15, -0.1) is 0 Å². The number of amides is 2. The molecule has 0 unspecified atom stereocenters. The number of methoxy groups -OCH3 is 1. The van der Waals surface area contributed by atoms with Crippen LogP contribution in [0.2, 0.25) is 0 Å². The molecular weight excluding hydrogens is 248 g/mol. The van der Waals surface area contributed by atoms with E-state index in [1.807, 2.05) is 12.1 Å². The van der Waals surface area contributed by atoms with Crippen LogP contribution in [0.3, 0.4) is 0 Å². The van der Waals surface area contributed by atoms with Crippen LogP contribution in [-0.4, -0.2) is 29.8 Å². The monoisotopic (exact) mass is 266 g/mol. The number of nitrogens with one attached hydrogen (secondary N) is 2. The van der Waals surface area contributed by atoms with Crippen LogP contribution in [0.4, 0.5) is 10.5 Å². The van der Waals surface area contributed by atoms with Crippen molar-refractivity contribution in [2.45, 2.75) is 26.0 Å². The van der Waals surface area contributed by atoms with Crippen LogP contribution in [0.5, 0.6) is 0 Å². The number of ether oxygens (including phenoxy) is 1. The zero-order valence-electron chi connectivity index (χ0n) is 11.2. The summed E-state index contributed by atoms with van der Waals surface area (Å²) in [6.45, 7) is 3.33. The lowest BCUT2D eigenvalue weighted by atomic mass is 10.1. The molecule has 0 heterocycles. The van der Waals surface area contributed by atoms with Gasteiger partial charge < -0.3 is 20.5 Å². The Hall–Kier alpha value is -2.08. The second-order valence-corrected chi connectivity index (χ2v) is 4.64. The number of carboxylic acids is 1. The quantitative estimate of drug-likeness (QED) is 0.758. The number of hydrogen-bond donors (Lipinski definition) is 3. The average molecular weight is 266 g/mol. The van der Waals surface area contributed by atoms with E-state index >= 15 is 0 Å². The van der Waals surface area contributed by atoms with Crippen LogP contribution < -0.4 is 10.6 Å². The van der Waals surface area contributed by atoms with Gasteiger partial charge in [0.25, 0.3) is 0 Å². The number of urea groups is 1. The van der Waals surface area contributed by atoms with E-state index in [1.54, 1.807) is 19.2 Å². The molecule has 1 rings (SSSR count). The van der Waals surface area contributed by atoms with Crippen LogP contribution in [0.15, 0.2) is 24.3 Å². The first-order valence-electron chi connectivity index (χ1n) is 5.75. The van der Waals surface area contributed by atoms with Gasteiger partial charge in [0.05, 0.1) is 6.61 Å². The molecule has 19 heavy (non-hydrogen) atoms. The Balaban J connectivity index is 2.60. The molecule has 0 atom stereocenters. The summed E-state index contributed by atoms with van der Waals surface area (Å²) in [5.41, 5.74) is 0.248. The van der Waals surface area contributed by atoms with Crippen molar-refractivity contribution >= 4 is 17.7 Å². The number of aliphatic carboxylic acids is 1.